The van der Waals surface area contributed by atoms with Crippen LogP contribution in [0.15, 0.2) is 12.2 Å². The highest BCUT2D eigenvalue weighted by Crippen LogP contribution is 2.44. The average Bonchev–Trinajstić information content (AvgIpc) is 2.63. The molecule has 3 unspecified atom stereocenters. The average molecular weight is 177 g/mol. The molecule has 0 aliphatic heterocycles. The van der Waals surface area contributed by atoms with Gasteiger partial charge < -0.3 is 5.32 Å². The van der Waals surface area contributed by atoms with Crippen molar-refractivity contribution in [3.63, 3.8) is 0 Å². The second-order valence-corrected chi connectivity index (χ2v) is 5.48. The fraction of sp³-hybridized carbons (Fsp3) is 0.833. The van der Waals surface area contributed by atoms with Gasteiger partial charge in [0.2, 0.25) is 0 Å². The quantitative estimate of drug-likeness (QED) is 0.652. The maximum absolute atomic E-state index is 3.73. The second-order valence-electron chi connectivity index (χ2n) is 5.48. The van der Waals surface area contributed by atoms with Gasteiger partial charge in [-0.15, -0.1) is 0 Å². The third kappa shape index (κ3) is 1.43. The molecule has 72 valence electrons. The summed E-state index contributed by atoms with van der Waals surface area (Å²) in [6, 6.07) is 0. The first kappa shape index (κ1) is 8.05. The Morgan fingerprint density at radius 2 is 2.15 bits per heavy atom. The van der Waals surface area contributed by atoms with Crippen LogP contribution >= 0.6 is 0 Å². The molecule has 0 aromatic rings. The Morgan fingerprint density at radius 3 is 2.69 bits per heavy atom. The van der Waals surface area contributed by atoms with E-state index >= 15 is 0 Å². The molecular formula is C12H19N. The molecule has 3 aliphatic carbocycles. The van der Waals surface area contributed by atoms with Crippen LogP contribution < -0.4 is 5.32 Å². The van der Waals surface area contributed by atoms with Gasteiger partial charge in [0.1, 0.15) is 0 Å². The Hall–Kier alpha value is -0.300. The van der Waals surface area contributed by atoms with Crippen LogP contribution in [0.3, 0.4) is 0 Å². The van der Waals surface area contributed by atoms with Crippen molar-refractivity contribution in [1.29, 1.82) is 0 Å². The van der Waals surface area contributed by atoms with Gasteiger partial charge in [-0.3, -0.25) is 0 Å². The Balaban J connectivity index is 1.54. The number of allylic oxidation sites excluding steroid dienone is 2. The van der Waals surface area contributed by atoms with Crippen molar-refractivity contribution >= 4 is 0 Å². The van der Waals surface area contributed by atoms with Crippen molar-refractivity contribution in [3.8, 4) is 0 Å². The predicted molar refractivity (Wildman–Crippen MR) is 54.5 cm³/mol. The molecule has 0 aromatic carbocycles. The molecule has 3 aliphatic rings. The summed E-state index contributed by atoms with van der Waals surface area (Å²) in [5.74, 6) is 2.80. The lowest BCUT2D eigenvalue weighted by Crippen LogP contribution is -2.34. The summed E-state index contributed by atoms with van der Waals surface area (Å²) in [7, 11) is 0. The summed E-state index contributed by atoms with van der Waals surface area (Å²) in [4.78, 5) is 0. The first-order valence-corrected chi connectivity index (χ1v) is 5.69. The SMILES string of the molecule is CC1(NCC2CC3C=CC2C3)CC1. The van der Waals surface area contributed by atoms with Crippen LogP contribution in [-0.2, 0) is 0 Å². The lowest BCUT2D eigenvalue weighted by Gasteiger charge is -2.21. The summed E-state index contributed by atoms with van der Waals surface area (Å²) in [5, 5.41) is 3.73. The first-order chi connectivity index (χ1) is 6.25. The number of nitrogens with one attached hydrogen (secondary N) is 1. The van der Waals surface area contributed by atoms with Crippen LogP contribution in [0.5, 0.6) is 0 Å². The molecule has 1 nitrogen and oxygen atoms in total. The van der Waals surface area contributed by atoms with E-state index in [2.05, 4.69) is 24.4 Å². The summed E-state index contributed by atoms with van der Waals surface area (Å²) >= 11 is 0. The van der Waals surface area contributed by atoms with E-state index in [-0.39, 0.29) is 0 Å². The lowest BCUT2D eigenvalue weighted by atomic mass is 9.93. The van der Waals surface area contributed by atoms with E-state index in [1.807, 2.05) is 0 Å². The molecule has 1 heteroatoms. The van der Waals surface area contributed by atoms with E-state index < -0.39 is 0 Å². The topological polar surface area (TPSA) is 12.0 Å². The molecule has 13 heavy (non-hydrogen) atoms. The van der Waals surface area contributed by atoms with E-state index in [1.165, 1.54) is 32.2 Å². The minimum Gasteiger partial charge on any atom is -0.311 e. The monoisotopic (exact) mass is 177 g/mol. The third-order valence-corrected chi connectivity index (χ3v) is 4.21. The molecule has 3 atom stereocenters. The van der Waals surface area contributed by atoms with E-state index in [9.17, 15) is 0 Å². The van der Waals surface area contributed by atoms with Gasteiger partial charge in [-0.2, -0.15) is 0 Å². The minimum atomic E-state index is 0.533. The number of hydrogen-bond donors (Lipinski definition) is 1. The number of fused-ring (bicyclic) bond motifs is 2. The Bertz CT molecular complexity index is 240. The molecule has 2 bridgehead atoms. The summed E-state index contributed by atoms with van der Waals surface area (Å²) < 4.78 is 0. The fourth-order valence-corrected chi connectivity index (χ4v) is 2.87. The lowest BCUT2D eigenvalue weighted by molar-refractivity contribution is 0.383. The van der Waals surface area contributed by atoms with Crippen LogP contribution in [0.2, 0.25) is 0 Å². The zero-order chi connectivity index (χ0) is 8.89. The second kappa shape index (κ2) is 2.60. The molecular weight excluding hydrogens is 158 g/mol. The molecule has 0 amide bonds. The van der Waals surface area contributed by atoms with Crippen molar-refractivity contribution in [1.82, 2.24) is 5.32 Å². The molecule has 3 rings (SSSR count). The molecule has 0 heterocycles. The summed E-state index contributed by atoms with van der Waals surface area (Å²) in [6.07, 6.45) is 10.6. The Kier molecular flexibility index (Phi) is 1.61. The first-order valence-electron chi connectivity index (χ1n) is 5.69. The van der Waals surface area contributed by atoms with Crippen molar-refractivity contribution in [3.05, 3.63) is 12.2 Å². The maximum atomic E-state index is 3.73. The van der Waals surface area contributed by atoms with Crippen LogP contribution in [-0.4, -0.2) is 12.1 Å². The van der Waals surface area contributed by atoms with Crippen LogP contribution in [0, 0.1) is 17.8 Å². The van der Waals surface area contributed by atoms with Gasteiger partial charge in [0.25, 0.3) is 0 Å². The van der Waals surface area contributed by atoms with E-state index in [0.29, 0.717) is 5.54 Å². The number of hydrogen-bond acceptors (Lipinski definition) is 1. The molecule has 0 aromatic heterocycles. The van der Waals surface area contributed by atoms with Gasteiger partial charge in [-0.05, 0) is 56.9 Å². The predicted octanol–water partition coefficient (Wildman–Crippen LogP) is 2.34. The van der Waals surface area contributed by atoms with E-state index in [1.54, 1.807) is 0 Å². The van der Waals surface area contributed by atoms with E-state index in [0.717, 1.165) is 17.8 Å². The van der Waals surface area contributed by atoms with Gasteiger partial charge in [0, 0.05) is 5.54 Å². The van der Waals surface area contributed by atoms with Gasteiger partial charge in [0.15, 0.2) is 0 Å². The summed E-state index contributed by atoms with van der Waals surface area (Å²) in [5.41, 5.74) is 0.533. The van der Waals surface area contributed by atoms with Crippen LogP contribution in [0.4, 0.5) is 0 Å². The van der Waals surface area contributed by atoms with Gasteiger partial charge in [0.05, 0.1) is 0 Å². The largest absolute Gasteiger partial charge is 0.311 e. The van der Waals surface area contributed by atoms with Gasteiger partial charge in [-0.1, -0.05) is 12.2 Å². The zero-order valence-electron chi connectivity index (χ0n) is 8.42. The van der Waals surface area contributed by atoms with Crippen molar-refractivity contribution in [2.75, 3.05) is 6.54 Å². The van der Waals surface area contributed by atoms with Crippen LogP contribution in [0.1, 0.15) is 32.6 Å². The Morgan fingerprint density at radius 1 is 1.31 bits per heavy atom. The van der Waals surface area contributed by atoms with Crippen molar-refractivity contribution in [2.24, 2.45) is 17.8 Å². The molecule has 1 N–H and O–H groups in total. The molecule has 0 spiro atoms. The van der Waals surface area contributed by atoms with Crippen molar-refractivity contribution in [2.45, 2.75) is 38.1 Å². The fourth-order valence-electron chi connectivity index (χ4n) is 2.87. The normalized spacial score (nSPS) is 44.2. The van der Waals surface area contributed by atoms with Crippen LogP contribution in [0.25, 0.3) is 0 Å². The third-order valence-electron chi connectivity index (χ3n) is 4.21. The van der Waals surface area contributed by atoms with Gasteiger partial charge in [-0.25, -0.2) is 0 Å². The molecule has 0 radical (unpaired) electrons. The van der Waals surface area contributed by atoms with E-state index in [4.69, 9.17) is 0 Å². The minimum absolute atomic E-state index is 0.533. The smallest absolute Gasteiger partial charge is 0.0154 e. The summed E-state index contributed by atoms with van der Waals surface area (Å²) in [6.45, 7) is 3.62. The number of rotatable bonds is 3. The van der Waals surface area contributed by atoms with Gasteiger partial charge >= 0.3 is 0 Å². The standard InChI is InChI=1S/C12H19N/c1-12(4-5-12)13-8-11-7-9-2-3-10(11)6-9/h2-3,9-11,13H,4-8H2,1H3. The highest BCUT2D eigenvalue weighted by molar-refractivity contribution is 5.11. The Labute approximate surface area is 80.6 Å². The molecule has 0 saturated heterocycles. The highest BCUT2D eigenvalue weighted by Gasteiger charge is 2.40. The highest BCUT2D eigenvalue weighted by atomic mass is 15.0. The maximum Gasteiger partial charge on any atom is 0.0154 e. The molecule has 2 fully saturated rings. The van der Waals surface area contributed by atoms with Crippen molar-refractivity contribution < 1.29 is 0 Å². The molecule has 2 saturated carbocycles. The zero-order valence-corrected chi connectivity index (χ0v) is 8.42.